The van der Waals surface area contributed by atoms with E-state index in [2.05, 4.69) is 5.32 Å². The van der Waals surface area contributed by atoms with Crippen LogP contribution in [0.3, 0.4) is 0 Å². The van der Waals surface area contributed by atoms with Crippen LogP contribution in [-0.2, 0) is 6.42 Å². The lowest BCUT2D eigenvalue weighted by molar-refractivity contribution is 0.172. The first-order valence-electron chi connectivity index (χ1n) is 7.90. The maximum atomic E-state index is 11.7. The Balaban J connectivity index is 2.04. The second kappa shape index (κ2) is 8.71. The van der Waals surface area contributed by atoms with Gasteiger partial charge in [0.1, 0.15) is 5.75 Å². The molecule has 4 nitrogen and oxygen atoms in total. The SMILES string of the molecule is CNC(CCc1ccc(Cl)cc1)c1cccc(OC(=O)N(C)C)c1. The van der Waals surface area contributed by atoms with Crippen LogP contribution in [0.2, 0.25) is 5.02 Å². The average Bonchev–Trinajstić information content (AvgIpc) is 2.57. The summed E-state index contributed by atoms with van der Waals surface area (Å²) in [4.78, 5) is 13.1. The van der Waals surface area contributed by atoms with Crippen LogP contribution in [0.5, 0.6) is 5.75 Å². The summed E-state index contributed by atoms with van der Waals surface area (Å²) in [6, 6.07) is 15.7. The topological polar surface area (TPSA) is 41.6 Å². The minimum absolute atomic E-state index is 0.179. The summed E-state index contributed by atoms with van der Waals surface area (Å²) >= 11 is 5.92. The molecule has 0 spiro atoms. The number of aryl methyl sites for hydroxylation is 1. The summed E-state index contributed by atoms with van der Waals surface area (Å²) in [7, 11) is 5.26. The van der Waals surface area contributed by atoms with Gasteiger partial charge in [-0.1, -0.05) is 35.9 Å². The molecule has 0 bridgehead atoms. The van der Waals surface area contributed by atoms with Crippen molar-refractivity contribution in [2.45, 2.75) is 18.9 Å². The predicted molar refractivity (Wildman–Crippen MR) is 97.7 cm³/mol. The van der Waals surface area contributed by atoms with Crippen LogP contribution in [0.15, 0.2) is 48.5 Å². The quantitative estimate of drug-likeness (QED) is 0.848. The van der Waals surface area contributed by atoms with Crippen LogP contribution < -0.4 is 10.1 Å². The van der Waals surface area contributed by atoms with E-state index in [0.717, 1.165) is 23.4 Å². The lowest BCUT2D eigenvalue weighted by Gasteiger charge is -2.18. The molecule has 2 rings (SSSR count). The van der Waals surface area contributed by atoms with Gasteiger partial charge in [0.05, 0.1) is 0 Å². The zero-order valence-electron chi connectivity index (χ0n) is 14.3. The standard InChI is InChI=1S/C19H23ClN2O2/c1-21-18(12-9-14-7-10-16(20)11-8-14)15-5-4-6-17(13-15)24-19(23)22(2)3/h4-8,10-11,13,18,21H,9,12H2,1-3H3. The van der Waals surface area contributed by atoms with Crippen LogP contribution in [0.25, 0.3) is 0 Å². The molecule has 0 aliphatic rings. The molecule has 1 N–H and O–H groups in total. The molecular weight excluding hydrogens is 324 g/mol. The molecule has 24 heavy (non-hydrogen) atoms. The molecule has 0 radical (unpaired) electrons. The van der Waals surface area contributed by atoms with Gasteiger partial charge in [-0.15, -0.1) is 0 Å². The highest BCUT2D eigenvalue weighted by Gasteiger charge is 2.12. The summed E-state index contributed by atoms with van der Waals surface area (Å²) in [6.07, 6.45) is 1.49. The lowest BCUT2D eigenvalue weighted by Crippen LogP contribution is -2.25. The Morgan fingerprint density at radius 3 is 2.54 bits per heavy atom. The first kappa shape index (κ1) is 18.3. The Morgan fingerprint density at radius 1 is 1.21 bits per heavy atom. The summed E-state index contributed by atoms with van der Waals surface area (Å²) < 4.78 is 5.33. The van der Waals surface area contributed by atoms with E-state index < -0.39 is 0 Å². The maximum absolute atomic E-state index is 11.7. The fourth-order valence-electron chi connectivity index (χ4n) is 2.43. The van der Waals surface area contributed by atoms with Gasteiger partial charge in [0.2, 0.25) is 0 Å². The predicted octanol–water partition coefficient (Wildman–Crippen LogP) is 4.29. The van der Waals surface area contributed by atoms with E-state index in [0.29, 0.717) is 5.75 Å². The molecule has 1 atom stereocenters. The molecule has 2 aromatic carbocycles. The van der Waals surface area contributed by atoms with Gasteiger partial charge in [0, 0.05) is 25.2 Å². The number of carbonyl (C=O) groups excluding carboxylic acids is 1. The number of nitrogens with zero attached hydrogens (tertiary/aromatic N) is 1. The van der Waals surface area contributed by atoms with Crippen molar-refractivity contribution in [3.63, 3.8) is 0 Å². The third-order valence-electron chi connectivity index (χ3n) is 3.81. The van der Waals surface area contributed by atoms with Gasteiger partial charge in [0.25, 0.3) is 0 Å². The highest BCUT2D eigenvalue weighted by Crippen LogP contribution is 2.23. The smallest absolute Gasteiger partial charge is 0.410 e. The number of halogens is 1. The normalized spacial score (nSPS) is 11.8. The van der Waals surface area contributed by atoms with Crippen LogP contribution in [0.4, 0.5) is 4.79 Å². The monoisotopic (exact) mass is 346 g/mol. The summed E-state index contributed by atoms with van der Waals surface area (Å²) in [6.45, 7) is 0. The van der Waals surface area contributed by atoms with Gasteiger partial charge < -0.3 is 15.0 Å². The minimum atomic E-state index is -0.380. The number of rotatable bonds is 6. The second-order valence-electron chi connectivity index (χ2n) is 5.84. The zero-order chi connectivity index (χ0) is 17.5. The lowest BCUT2D eigenvalue weighted by atomic mass is 9.99. The molecule has 1 amide bonds. The van der Waals surface area contributed by atoms with E-state index in [4.69, 9.17) is 16.3 Å². The summed E-state index contributed by atoms with van der Waals surface area (Å²) in [5, 5.41) is 4.08. The molecule has 0 fully saturated rings. The molecule has 0 saturated heterocycles. The molecule has 2 aromatic rings. The zero-order valence-corrected chi connectivity index (χ0v) is 15.0. The fourth-order valence-corrected chi connectivity index (χ4v) is 2.55. The van der Waals surface area contributed by atoms with Crippen molar-refractivity contribution in [1.29, 1.82) is 0 Å². The van der Waals surface area contributed by atoms with E-state index in [1.807, 2.05) is 49.5 Å². The molecule has 0 aromatic heterocycles. The van der Waals surface area contributed by atoms with E-state index in [-0.39, 0.29) is 12.1 Å². The summed E-state index contributed by atoms with van der Waals surface area (Å²) in [5.41, 5.74) is 2.34. The molecule has 0 aliphatic carbocycles. The van der Waals surface area contributed by atoms with Crippen molar-refractivity contribution in [2.24, 2.45) is 0 Å². The maximum Gasteiger partial charge on any atom is 0.414 e. The first-order chi connectivity index (χ1) is 11.5. The Hall–Kier alpha value is -2.04. The first-order valence-corrected chi connectivity index (χ1v) is 8.28. The Kier molecular flexibility index (Phi) is 6.64. The number of hydrogen-bond donors (Lipinski definition) is 1. The summed E-state index contributed by atoms with van der Waals surface area (Å²) in [5.74, 6) is 0.554. The molecule has 128 valence electrons. The van der Waals surface area contributed by atoms with Gasteiger partial charge in [-0.2, -0.15) is 0 Å². The number of benzene rings is 2. The largest absolute Gasteiger partial charge is 0.414 e. The molecule has 0 saturated carbocycles. The number of amides is 1. The Labute approximate surface area is 148 Å². The van der Waals surface area contributed by atoms with Crippen LogP contribution in [0, 0.1) is 0 Å². The van der Waals surface area contributed by atoms with Crippen molar-refractivity contribution < 1.29 is 9.53 Å². The van der Waals surface area contributed by atoms with Gasteiger partial charge >= 0.3 is 6.09 Å². The van der Waals surface area contributed by atoms with E-state index in [1.165, 1.54) is 10.5 Å². The molecule has 0 aliphatic heterocycles. The number of carbonyl (C=O) groups is 1. The second-order valence-corrected chi connectivity index (χ2v) is 6.28. The third kappa shape index (κ3) is 5.25. The van der Waals surface area contributed by atoms with Crippen molar-refractivity contribution in [3.8, 4) is 5.75 Å². The molecule has 1 unspecified atom stereocenters. The van der Waals surface area contributed by atoms with E-state index >= 15 is 0 Å². The van der Waals surface area contributed by atoms with Crippen molar-refractivity contribution in [3.05, 3.63) is 64.7 Å². The highest BCUT2D eigenvalue weighted by atomic mass is 35.5. The van der Waals surface area contributed by atoms with Crippen molar-refractivity contribution in [2.75, 3.05) is 21.1 Å². The van der Waals surface area contributed by atoms with Gasteiger partial charge in [-0.3, -0.25) is 0 Å². The van der Waals surface area contributed by atoms with Crippen molar-refractivity contribution >= 4 is 17.7 Å². The molecule has 0 heterocycles. The third-order valence-corrected chi connectivity index (χ3v) is 4.07. The van der Waals surface area contributed by atoms with Crippen LogP contribution >= 0.6 is 11.6 Å². The van der Waals surface area contributed by atoms with Gasteiger partial charge in [0.15, 0.2) is 0 Å². The molecular formula is C19H23ClN2O2. The number of hydrogen-bond acceptors (Lipinski definition) is 3. The Morgan fingerprint density at radius 2 is 1.92 bits per heavy atom. The Bertz CT molecular complexity index is 671. The fraction of sp³-hybridized carbons (Fsp3) is 0.316. The average molecular weight is 347 g/mol. The van der Waals surface area contributed by atoms with E-state index in [9.17, 15) is 4.79 Å². The number of nitrogens with one attached hydrogen (secondary N) is 1. The van der Waals surface area contributed by atoms with Gasteiger partial charge in [-0.25, -0.2) is 4.79 Å². The number of ether oxygens (including phenoxy) is 1. The van der Waals surface area contributed by atoms with Gasteiger partial charge in [-0.05, 0) is 55.3 Å². The van der Waals surface area contributed by atoms with E-state index in [1.54, 1.807) is 20.2 Å². The van der Waals surface area contributed by atoms with Crippen LogP contribution in [-0.4, -0.2) is 32.1 Å². The van der Waals surface area contributed by atoms with Crippen LogP contribution in [0.1, 0.15) is 23.6 Å². The minimum Gasteiger partial charge on any atom is -0.410 e. The van der Waals surface area contributed by atoms with Crippen molar-refractivity contribution in [1.82, 2.24) is 10.2 Å². The highest BCUT2D eigenvalue weighted by molar-refractivity contribution is 6.30. The molecule has 5 heteroatoms.